The summed E-state index contributed by atoms with van der Waals surface area (Å²) in [4.78, 5) is 0. The molecular formula is C17H15F3OS2. The average molecular weight is 356 g/mol. The Bertz CT molecular complexity index is 720. The fraction of sp³-hybridized carbons (Fsp3) is 0.176. The van der Waals surface area contributed by atoms with Crippen LogP contribution in [-0.4, -0.2) is 16.7 Å². The second-order valence-corrected chi connectivity index (χ2v) is 7.15. The lowest BCUT2D eigenvalue weighted by Gasteiger charge is -2.14. The number of rotatable bonds is 4. The van der Waals surface area contributed by atoms with Gasteiger partial charge < -0.3 is 0 Å². The van der Waals surface area contributed by atoms with E-state index >= 15 is 0 Å². The number of benzene rings is 2. The second-order valence-electron chi connectivity index (χ2n) is 4.76. The number of halogens is 3. The first kappa shape index (κ1) is 17.8. The van der Waals surface area contributed by atoms with Crippen molar-refractivity contribution >= 4 is 28.1 Å². The van der Waals surface area contributed by atoms with Crippen molar-refractivity contribution in [3.05, 3.63) is 75.5 Å². The van der Waals surface area contributed by atoms with E-state index in [1.807, 2.05) is 36.6 Å². The minimum atomic E-state index is -4.37. The van der Waals surface area contributed by atoms with Crippen molar-refractivity contribution in [2.45, 2.75) is 6.18 Å². The van der Waals surface area contributed by atoms with E-state index in [1.165, 1.54) is 23.9 Å². The summed E-state index contributed by atoms with van der Waals surface area (Å²) in [6, 6.07) is 14.2. The Balaban J connectivity index is 2.62. The van der Waals surface area contributed by atoms with Gasteiger partial charge in [0, 0.05) is 11.8 Å². The third-order valence-corrected chi connectivity index (χ3v) is 5.72. The van der Waals surface area contributed by atoms with Crippen LogP contribution in [0.4, 0.5) is 13.2 Å². The van der Waals surface area contributed by atoms with Crippen molar-refractivity contribution in [1.82, 2.24) is 0 Å². The Hall–Kier alpha value is -1.53. The van der Waals surface area contributed by atoms with E-state index in [2.05, 4.69) is 0 Å². The Morgan fingerprint density at radius 1 is 0.957 bits per heavy atom. The van der Waals surface area contributed by atoms with Gasteiger partial charge in [-0.1, -0.05) is 42.5 Å². The van der Waals surface area contributed by atoms with Crippen LogP contribution in [0.1, 0.15) is 16.7 Å². The van der Waals surface area contributed by atoms with Gasteiger partial charge in [-0.2, -0.15) is 13.2 Å². The third kappa shape index (κ3) is 4.26. The summed E-state index contributed by atoms with van der Waals surface area (Å²) in [6.07, 6.45) is -0.992. The van der Waals surface area contributed by atoms with Gasteiger partial charge in [0.15, 0.2) is 0 Å². The molecule has 0 aliphatic carbocycles. The van der Waals surface area contributed by atoms with Gasteiger partial charge in [0.2, 0.25) is 0 Å². The van der Waals surface area contributed by atoms with Gasteiger partial charge in [0.25, 0.3) is 0 Å². The highest BCUT2D eigenvalue weighted by Gasteiger charge is 2.30. The molecule has 23 heavy (non-hydrogen) atoms. The summed E-state index contributed by atoms with van der Waals surface area (Å²) in [5.41, 5.74) is 1.44. The fourth-order valence-electron chi connectivity index (χ4n) is 2.20. The van der Waals surface area contributed by atoms with Gasteiger partial charge in [0.05, 0.1) is 20.6 Å². The molecule has 1 nitrogen and oxygen atoms in total. The Kier molecular flexibility index (Phi) is 5.70. The van der Waals surface area contributed by atoms with Crippen molar-refractivity contribution in [3.8, 4) is 0 Å². The zero-order valence-corrected chi connectivity index (χ0v) is 14.2. The molecule has 2 aromatic carbocycles. The van der Waals surface area contributed by atoms with Crippen LogP contribution in [-0.2, 0) is 17.0 Å². The van der Waals surface area contributed by atoms with Gasteiger partial charge in [0.1, 0.15) is 0 Å². The lowest BCUT2D eigenvalue weighted by molar-refractivity contribution is -0.137. The molecule has 0 aliphatic rings. The smallest absolute Gasteiger partial charge is 0.254 e. The molecule has 0 amide bonds. The summed E-state index contributed by atoms with van der Waals surface area (Å²) < 4.78 is 50.9. The van der Waals surface area contributed by atoms with Crippen LogP contribution in [0.3, 0.4) is 0 Å². The van der Waals surface area contributed by atoms with Gasteiger partial charge in [-0.25, -0.2) is 0 Å². The molecule has 0 N–H and O–H groups in total. The highest BCUT2D eigenvalue weighted by atomic mass is 32.2. The zero-order valence-electron chi connectivity index (χ0n) is 12.6. The van der Waals surface area contributed by atoms with E-state index in [-0.39, 0.29) is 0 Å². The molecule has 0 aromatic heterocycles. The number of hydrogen-bond donors (Lipinski definition) is 0. The van der Waals surface area contributed by atoms with Crippen LogP contribution in [0.2, 0.25) is 0 Å². The lowest BCUT2D eigenvalue weighted by Crippen LogP contribution is -2.05. The summed E-state index contributed by atoms with van der Waals surface area (Å²) in [5.74, 6) is 0. The molecule has 0 bridgehead atoms. The Morgan fingerprint density at radius 3 is 1.91 bits per heavy atom. The van der Waals surface area contributed by atoms with E-state index in [0.29, 0.717) is 15.4 Å². The van der Waals surface area contributed by atoms with E-state index < -0.39 is 22.5 Å². The monoisotopic (exact) mass is 356 g/mol. The molecule has 0 saturated heterocycles. The van der Waals surface area contributed by atoms with Crippen molar-refractivity contribution < 1.29 is 17.4 Å². The van der Waals surface area contributed by atoms with Gasteiger partial charge in [-0.15, -0.1) is 11.8 Å². The van der Waals surface area contributed by atoms with E-state index in [1.54, 1.807) is 6.26 Å². The van der Waals surface area contributed by atoms with Crippen LogP contribution < -0.4 is 0 Å². The van der Waals surface area contributed by atoms with Gasteiger partial charge in [-0.3, -0.25) is 4.21 Å². The molecule has 0 radical (unpaired) electrons. The van der Waals surface area contributed by atoms with Crippen LogP contribution in [0, 0.1) is 0 Å². The van der Waals surface area contributed by atoms with Gasteiger partial charge in [-0.05, 0) is 29.5 Å². The predicted molar refractivity (Wildman–Crippen MR) is 91.5 cm³/mol. The topological polar surface area (TPSA) is 17.1 Å². The average Bonchev–Trinajstić information content (AvgIpc) is 2.52. The molecule has 6 heteroatoms. The van der Waals surface area contributed by atoms with Crippen molar-refractivity contribution in [3.63, 3.8) is 0 Å². The first-order valence-corrected chi connectivity index (χ1v) is 9.47. The van der Waals surface area contributed by atoms with E-state index in [0.717, 1.165) is 17.7 Å². The number of alkyl halides is 3. The third-order valence-electron chi connectivity index (χ3n) is 3.21. The minimum absolute atomic E-state index is 0.615. The van der Waals surface area contributed by atoms with Crippen molar-refractivity contribution in [1.29, 1.82) is 0 Å². The van der Waals surface area contributed by atoms with E-state index in [4.69, 9.17) is 0 Å². The normalized spacial score (nSPS) is 14.3. The minimum Gasteiger partial charge on any atom is -0.254 e. The summed E-state index contributed by atoms with van der Waals surface area (Å²) in [7, 11) is -1.24. The maximum absolute atomic E-state index is 12.7. The molecule has 2 rings (SSSR count). The maximum atomic E-state index is 12.7. The molecule has 2 aromatic rings. The summed E-state index contributed by atoms with van der Waals surface area (Å²) in [5, 5.41) is 0. The molecule has 0 heterocycles. The Morgan fingerprint density at radius 2 is 1.48 bits per heavy atom. The lowest BCUT2D eigenvalue weighted by atomic mass is 9.98. The molecular weight excluding hydrogens is 341 g/mol. The number of hydrogen-bond acceptors (Lipinski definition) is 2. The molecule has 0 aliphatic heterocycles. The fourth-order valence-corrected chi connectivity index (χ4v) is 4.10. The SMILES string of the molecule is CS/C(=C(\c1ccccc1)c1ccc(C(F)(F)F)cc1)S(C)=O. The van der Waals surface area contributed by atoms with Crippen molar-refractivity contribution in [2.24, 2.45) is 0 Å². The second kappa shape index (κ2) is 7.36. The zero-order chi connectivity index (χ0) is 17.0. The predicted octanol–water partition coefficient (Wildman–Crippen LogP) is 5.16. The van der Waals surface area contributed by atoms with Crippen molar-refractivity contribution in [2.75, 3.05) is 12.5 Å². The molecule has 1 unspecified atom stereocenters. The van der Waals surface area contributed by atoms with E-state index in [9.17, 15) is 17.4 Å². The molecule has 0 fully saturated rings. The molecule has 122 valence electrons. The summed E-state index contributed by atoms with van der Waals surface area (Å²) in [6.45, 7) is 0. The van der Waals surface area contributed by atoms with Crippen LogP contribution in [0.25, 0.3) is 5.57 Å². The maximum Gasteiger partial charge on any atom is 0.416 e. The standard InChI is InChI=1S/C17H15F3OS2/c1-22-16(23(2)21)15(12-6-4-3-5-7-12)13-8-10-14(11-9-13)17(18,19)20/h3-11H,1-2H3/b16-15-. The first-order valence-electron chi connectivity index (χ1n) is 6.69. The highest BCUT2D eigenvalue weighted by Crippen LogP contribution is 2.35. The molecule has 0 spiro atoms. The molecule has 1 atom stereocenters. The largest absolute Gasteiger partial charge is 0.416 e. The first-order chi connectivity index (χ1) is 10.8. The van der Waals surface area contributed by atoms with Crippen LogP contribution >= 0.6 is 11.8 Å². The number of thioether (sulfide) groups is 1. The van der Waals surface area contributed by atoms with Crippen LogP contribution in [0.5, 0.6) is 0 Å². The Labute approximate surface area is 140 Å². The quantitative estimate of drug-likeness (QED) is 0.752. The molecule has 0 saturated carbocycles. The highest BCUT2D eigenvalue weighted by molar-refractivity contribution is 8.16. The summed E-state index contributed by atoms with van der Waals surface area (Å²) >= 11 is 1.34. The van der Waals surface area contributed by atoms with Gasteiger partial charge >= 0.3 is 6.18 Å². The van der Waals surface area contributed by atoms with Crippen LogP contribution in [0.15, 0.2) is 58.8 Å².